The molecule has 2 aromatic rings. The molecule has 0 aromatic heterocycles. The standard InChI is InChI=1S/C16H19NO2/c1-19-12-15-4-2-13(3-5-15)10-17-16-8-6-14(11-18)7-9-16/h2-9,17-18H,10-12H2,1H3. The maximum atomic E-state index is 8.98. The Kier molecular flexibility index (Phi) is 4.95. The molecule has 0 saturated carbocycles. The number of ether oxygens (including phenoxy) is 1. The summed E-state index contributed by atoms with van der Waals surface area (Å²) in [7, 11) is 1.70. The first kappa shape index (κ1) is 13.6. The number of hydrogen-bond donors (Lipinski definition) is 2. The van der Waals surface area contributed by atoms with Crippen LogP contribution in [-0.2, 0) is 24.5 Å². The molecule has 100 valence electrons. The van der Waals surface area contributed by atoms with Gasteiger partial charge >= 0.3 is 0 Å². The Balaban J connectivity index is 1.90. The van der Waals surface area contributed by atoms with Crippen LogP contribution in [0.4, 0.5) is 5.69 Å². The zero-order valence-electron chi connectivity index (χ0n) is 11.1. The van der Waals surface area contributed by atoms with Crippen molar-refractivity contribution in [2.45, 2.75) is 19.8 Å². The lowest BCUT2D eigenvalue weighted by Gasteiger charge is -2.08. The molecule has 0 unspecified atom stereocenters. The summed E-state index contributed by atoms with van der Waals surface area (Å²) in [5.74, 6) is 0. The number of nitrogens with one attached hydrogen (secondary N) is 1. The molecule has 0 aliphatic carbocycles. The number of anilines is 1. The van der Waals surface area contributed by atoms with Crippen molar-refractivity contribution < 1.29 is 9.84 Å². The normalized spacial score (nSPS) is 10.4. The Morgan fingerprint density at radius 3 is 2.05 bits per heavy atom. The minimum Gasteiger partial charge on any atom is -0.392 e. The summed E-state index contributed by atoms with van der Waals surface area (Å²) >= 11 is 0. The van der Waals surface area contributed by atoms with Crippen molar-refractivity contribution in [1.82, 2.24) is 0 Å². The van der Waals surface area contributed by atoms with Gasteiger partial charge in [0.15, 0.2) is 0 Å². The maximum absolute atomic E-state index is 8.98. The summed E-state index contributed by atoms with van der Waals surface area (Å²) in [5.41, 5.74) is 4.39. The van der Waals surface area contributed by atoms with Gasteiger partial charge in [-0.3, -0.25) is 0 Å². The van der Waals surface area contributed by atoms with Crippen molar-refractivity contribution in [3.63, 3.8) is 0 Å². The fourth-order valence-electron chi connectivity index (χ4n) is 1.85. The fraction of sp³-hybridized carbons (Fsp3) is 0.250. The van der Waals surface area contributed by atoms with Gasteiger partial charge in [0.1, 0.15) is 0 Å². The van der Waals surface area contributed by atoms with Crippen LogP contribution < -0.4 is 5.32 Å². The quantitative estimate of drug-likeness (QED) is 0.836. The highest BCUT2D eigenvalue weighted by atomic mass is 16.5. The van der Waals surface area contributed by atoms with Crippen LogP contribution in [0.5, 0.6) is 0 Å². The van der Waals surface area contributed by atoms with E-state index in [9.17, 15) is 0 Å². The monoisotopic (exact) mass is 257 g/mol. The van der Waals surface area contributed by atoms with Crippen LogP contribution in [0.3, 0.4) is 0 Å². The molecule has 0 bridgehead atoms. The third-order valence-corrected chi connectivity index (χ3v) is 2.97. The van der Waals surface area contributed by atoms with Gasteiger partial charge in [-0.05, 0) is 28.8 Å². The smallest absolute Gasteiger partial charge is 0.0713 e. The predicted octanol–water partition coefficient (Wildman–Crippen LogP) is 2.94. The van der Waals surface area contributed by atoms with Crippen LogP contribution >= 0.6 is 0 Å². The highest BCUT2D eigenvalue weighted by molar-refractivity contribution is 5.45. The van der Waals surface area contributed by atoms with Gasteiger partial charge in [-0.25, -0.2) is 0 Å². The van der Waals surface area contributed by atoms with E-state index < -0.39 is 0 Å². The number of aliphatic hydroxyl groups excluding tert-OH is 1. The van der Waals surface area contributed by atoms with Crippen LogP contribution in [0.2, 0.25) is 0 Å². The Labute approximate surface area is 113 Å². The van der Waals surface area contributed by atoms with E-state index in [-0.39, 0.29) is 6.61 Å². The number of aliphatic hydroxyl groups is 1. The predicted molar refractivity (Wildman–Crippen MR) is 76.8 cm³/mol. The van der Waals surface area contributed by atoms with E-state index in [1.807, 2.05) is 24.3 Å². The second-order valence-corrected chi connectivity index (χ2v) is 4.46. The van der Waals surface area contributed by atoms with Gasteiger partial charge in [-0.2, -0.15) is 0 Å². The topological polar surface area (TPSA) is 41.5 Å². The molecule has 0 spiro atoms. The van der Waals surface area contributed by atoms with Crippen molar-refractivity contribution in [3.8, 4) is 0 Å². The van der Waals surface area contributed by atoms with E-state index >= 15 is 0 Å². The average molecular weight is 257 g/mol. The summed E-state index contributed by atoms with van der Waals surface area (Å²) in [5, 5.41) is 12.3. The lowest BCUT2D eigenvalue weighted by molar-refractivity contribution is 0.185. The van der Waals surface area contributed by atoms with Gasteiger partial charge < -0.3 is 15.2 Å². The molecule has 2 aromatic carbocycles. The summed E-state index contributed by atoms with van der Waals surface area (Å²) in [6.07, 6.45) is 0. The van der Waals surface area contributed by atoms with E-state index in [4.69, 9.17) is 9.84 Å². The SMILES string of the molecule is COCc1ccc(CNc2ccc(CO)cc2)cc1. The summed E-state index contributed by atoms with van der Waals surface area (Å²) < 4.78 is 5.08. The lowest BCUT2D eigenvalue weighted by atomic mass is 10.1. The van der Waals surface area contributed by atoms with Crippen molar-refractivity contribution in [1.29, 1.82) is 0 Å². The Bertz CT molecular complexity index is 491. The minimum atomic E-state index is 0.0846. The van der Waals surface area contributed by atoms with Crippen LogP contribution in [0.1, 0.15) is 16.7 Å². The molecular formula is C16H19NO2. The summed E-state index contributed by atoms with van der Waals surface area (Å²) in [4.78, 5) is 0. The molecule has 2 N–H and O–H groups in total. The van der Waals surface area contributed by atoms with E-state index in [1.54, 1.807) is 7.11 Å². The molecule has 0 atom stereocenters. The number of hydrogen-bond acceptors (Lipinski definition) is 3. The van der Waals surface area contributed by atoms with Gasteiger partial charge in [0.2, 0.25) is 0 Å². The van der Waals surface area contributed by atoms with E-state index in [0.29, 0.717) is 6.61 Å². The van der Waals surface area contributed by atoms with Crippen LogP contribution in [0, 0.1) is 0 Å². The molecule has 2 rings (SSSR count). The minimum absolute atomic E-state index is 0.0846. The molecule has 0 radical (unpaired) electrons. The Morgan fingerprint density at radius 1 is 0.895 bits per heavy atom. The van der Waals surface area contributed by atoms with Crippen LogP contribution in [0.25, 0.3) is 0 Å². The Hall–Kier alpha value is -1.84. The van der Waals surface area contributed by atoms with Crippen molar-refractivity contribution in [2.75, 3.05) is 12.4 Å². The third-order valence-electron chi connectivity index (χ3n) is 2.97. The van der Waals surface area contributed by atoms with E-state index in [2.05, 4.69) is 29.6 Å². The fourth-order valence-corrected chi connectivity index (χ4v) is 1.85. The molecule has 0 heterocycles. The van der Waals surface area contributed by atoms with Crippen molar-refractivity contribution >= 4 is 5.69 Å². The van der Waals surface area contributed by atoms with E-state index in [0.717, 1.165) is 17.8 Å². The average Bonchev–Trinajstić information content (AvgIpc) is 2.47. The molecule has 3 nitrogen and oxygen atoms in total. The van der Waals surface area contributed by atoms with Gasteiger partial charge in [0.25, 0.3) is 0 Å². The molecule has 0 amide bonds. The molecule has 0 fully saturated rings. The van der Waals surface area contributed by atoms with E-state index in [1.165, 1.54) is 11.1 Å². The molecular weight excluding hydrogens is 238 g/mol. The maximum Gasteiger partial charge on any atom is 0.0713 e. The third kappa shape index (κ3) is 4.09. The van der Waals surface area contributed by atoms with Gasteiger partial charge in [0.05, 0.1) is 13.2 Å². The largest absolute Gasteiger partial charge is 0.392 e. The first-order valence-corrected chi connectivity index (χ1v) is 6.32. The van der Waals surface area contributed by atoms with Crippen LogP contribution in [-0.4, -0.2) is 12.2 Å². The summed E-state index contributed by atoms with van der Waals surface area (Å²) in [6, 6.07) is 16.2. The molecule has 0 aliphatic rings. The molecule has 19 heavy (non-hydrogen) atoms. The lowest BCUT2D eigenvalue weighted by Crippen LogP contribution is -1.99. The number of methoxy groups -OCH3 is 1. The number of rotatable bonds is 6. The first-order chi connectivity index (χ1) is 9.31. The zero-order valence-corrected chi connectivity index (χ0v) is 11.1. The van der Waals surface area contributed by atoms with Crippen molar-refractivity contribution in [3.05, 3.63) is 65.2 Å². The second kappa shape index (κ2) is 6.92. The van der Waals surface area contributed by atoms with Crippen LogP contribution in [0.15, 0.2) is 48.5 Å². The van der Waals surface area contributed by atoms with Gasteiger partial charge in [-0.1, -0.05) is 36.4 Å². The first-order valence-electron chi connectivity index (χ1n) is 6.32. The summed E-state index contributed by atoms with van der Waals surface area (Å²) in [6.45, 7) is 1.52. The molecule has 0 saturated heterocycles. The number of benzene rings is 2. The Morgan fingerprint density at radius 2 is 1.47 bits per heavy atom. The van der Waals surface area contributed by atoms with Gasteiger partial charge in [0, 0.05) is 19.3 Å². The molecule has 3 heteroatoms. The molecule has 0 aliphatic heterocycles. The van der Waals surface area contributed by atoms with Gasteiger partial charge in [-0.15, -0.1) is 0 Å². The zero-order chi connectivity index (χ0) is 13.5. The highest BCUT2D eigenvalue weighted by Crippen LogP contribution is 2.12. The highest BCUT2D eigenvalue weighted by Gasteiger charge is 1.96. The second-order valence-electron chi connectivity index (χ2n) is 4.46. The van der Waals surface area contributed by atoms with Crippen molar-refractivity contribution in [2.24, 2.45) is 0 Å².